The molecule has 4 rings (SSSR count). The second kappa shape index (κ2) is 12.2. The number of hydrogen-bond acceptors (Lipinski definition) is 5. The van der Waals surface area contributed by atoms with E-state index in [1.165, 1.54) is 5.56 Å². The Balaban J connectivity index is 1.45. The normalized spacial score (nSPS) is 11.0. The van der Waals surface area contributed by atoms with Crippen molar-refractivity contribution >= 4 is 11.6 Å². The van der Waals surface area contributed by atoms with Gasteiger partial charge in [0.05, 0.1) is 12.3 Å². The highest BCUT2D eigenvalue weighted by Gasteiger charge is 2.13. The average molecular weight is 485 g/mol. The van der Waals surface area contributed by atoms with Crippen molar-refractivity contribution in [2.75, 3.05) is 31.6 Å². The van der Waals surface area contributed by atoms with Gasteiger partial charge in [-0.15, -0.1) is 0 Å². The van der Waals surface area contributed by atoms with E-state index in [2.05, 4.69) is 59.5 Å². The highest BCUT2D eigenvalue weighted by atomic mass is 16.5. The zero-order valence-corrected chi connectivity index (χ0v) is 20.7. The largest absolute Gasteiger partial charge is 0.483 e. The van der Waals surface area contributed by atoms with Gasteiger partial charge in [-0.25, -0.2) is 4.68 Å². The van der Waals surface area contributed by atoms with Gasteiger partial charge in [0.2, 0.25) is 0 Å². The Morgan fingerprint density at radius 2 is 1.81 bits per heavy atom. The number of carbonyl (C=O) groups excluding carboxylic acids is 1. The van der Waals surface area contributed by atoms with Gasteiger partial charge in [0.15, 0.2) is 6.61 Å². The molecule has 3 aromatic carbocycles. The number of nitrogens with zero attached hydrogens (tertiary/aromatic N) is 3. The minimum Gasteiger partial charge on any atom is -0.483 e. The van der Waals surface area contributed by atoms with Gasteiger partial charge < -0.3 is 15.2 Å². The number of aryl methyl sites for hydroxylation is 1. The summed E-state index contributed by atoms with van der Waals surface area (Å²) in [6, 6.07) is 23.8. The highest BCUT2D eigenvalue weighted by Crippen LogP contribution is 2.28. The van der Waals surface area contributed by atoms with Gasteiger partial charge in [-0.3, -0.25) is 9.69 Å². The van der Waals surface area contributed by atoms with Crippen LogP contribution in [0, 0.1) is 6.92 Å². The fourth-order valence-corrected chi connectivity index (χ4v) is 3.96. The number of rotatable bonds is 11. The van der Waals surface area contributed by atoms with Crippen LogP contribution in [0.2, 0.25) is 0 Å². The first-order valence-electron chi connectivity index (χ1n) is 12.1. The minimum atomic E-state index is -0.238. The Morgan fingerprint density at radius 3 is 2.47 bits per heavy atom. The lowest BCUT2D eigenvalue weighted by Crippen LogP contribution is -2.27. The summed E-state index contributed by atoms with van der Waals surface area (Å²) < 4.78 is 7.73. The number of aliphatic hydroxyl groups excluding tert-OH is 1. The number of likely N-dealkylation sites (N-methyl/N-ethyl adjacent to an activating group) is 1. The van der Waals surface area contributed by atoms with Crippen LogP contribution in [-0.4, -0.2) is 52.0 Å². The molecule has 7 nitrogen and oxygen atoms in total. The summed E-state index contributed by atoms with van der Waals surface area (Å²) in [7, 11) is 0. The van der Waals surface area contributed by atoms with Gasteiger partial charge in [-0.2, -0.15) is 5.10 Å². The van der Waals surface area contributed by atoms with E-state index in [1.54, 1.807) is 10.9 Å². The van der Waals surface area contributed by atoms with E-state index in [0.717, 1.165) is 28.9 Å². The molecule has 0 aliphatic heterocycles. The molecule has 7 heteroatoms. The Morgan fingerprint density at radius 1 is 1.06 bits per heavy atom. The summed E-state index contributed by atoms with van der Waals surface area (Å²) >= 11 is 0. The van der Waals surface area contributed by atoms with Crippen LogP contribution >= 0.6 is 0 Å². The van der Waals surface area contributed by atoms with Crippen molar-refractivity contribution in [3.63, 3.8) is 0 Å². The maximum atomic E-state index is 12.6. The van der Waals surface area contributed by atoms with Crippen LogP contribution in [0.25, 0.3) is 16.8 Å². The van der Waals surface area contributed by atoms with Crippen LogP contribution in [0.15, 0.2) is 85.2 Å². The van der Waals surface area contributed by atoms with Gasteiger partial charge in [-0.05, 0) is 67.1 Å². The van der Waals surface area contributed by atoms with Crippen molar-refractivity contribution in [2.45, 2.75) is 20.4 Å². The second-order valence-electron chi connectivity index (χ2n) is 8.62. The first-order valence-corrected chi connectivity index (χ1v) is 12.1. The lowest BCUT2D eigenvalue weighted by molar-refractivity contribution is -0.118. The molecule has 0 atom stereocenters. The van der Waals surface area contributed by atoms with Crippen LogP contribution in [0.1, 0.15) is 18.1 Å². The first-order chi connectivity index (χ1) is 17.6. The maximum Gasteiger partial charge on any atom is 0.262 e. The summed E-state index contributed by atoms with van der Waals surface area (Å²) in [6.45, 7) is 6.09. The van der Waals surface area contributed by atoms with E-state index >= 15 is 0 Å². The van der Waals surface area contributed by atoms with E-state index in [1.807, 2.05) is 48.7 Å². The third-order valence-electron chi connectivity index (χ3n) is 5.98. The van der Waals surface area contributed by atoms with Crippen molar-refractivity contribution in [2.24, 2.45) is 0 Å². The molecule has 2 N–H and O–H groups in total. The summed E-state index contributed by atoms with van der Waals surface area (Å²) in [5, 5.41) is 16.5. The predicted molar refractivity (Wildman–Crippen MR) is 142 cm³/mol. The smallest absolute Gasteiger partial charge is 0.262 e. The predicted octanol–water partition coefficient (Wildman–Crippen LogP) is 4.68. The Kier molecular flexibility index (Phi) is 8.49. The van der Waals surface area contributed by atoms with Gasteiger partial charge >= 0.3 is 0 Å². The molecule has 4 aromatic rings. The molecule has 0 fully saturated rings. The number of anilines is 1. The van der Waals surface area contributed by atoms with Crippen LogP contribution in [0.3, 0.4) is 0 Å². The van der Waals surface area contributed by atoms with Crippen molar-refractivity contribution in [3.8, 4) is 22.6 Å². The van der Waals surface area contributed by atoms with Crippen LogP contribution in [-0.2, 0) is 11.3 Å². The Labute approximate surface area is 212 Å². The van der Waals surface area contributed by atoms with E-state index in [9.17, 15) is 9.90 Å². The summed E-state index contributed by atoms with van der Waals surface area (Å²) in [5.41, 5.74) is 5.99. The van der Waals surface area contributed by atoms with E-state index in [4.69, 9.17) is 4.74 Å². The third-order valence-corrected chi connectivity index (χ3v) is 5.98. The van der Waals surface area contributed by atoms with Gasteiger partial charge in [0.25, 0.3) is 5.91 Å². The zero-order valence-electron chi connectivity index (χ0n) is 20.7. The molecule has 0 saturated heterocycles. The quantitative estimate of drug-likeness (QED) is 0.323. The minimum absolute atomic E-state index is 0.0866. The van der Waals surface area contributed by atoms with Crippen LogP contribution < -0.4 is 10.1 Å². The van der Waals surface area contributed by atoms with Crippen molar-refractivity contribution < 1.29 is 14.6 Å². The highest BCUT2D eigenvalue weighted by molar-refractivity contribution is 5.92. The Hall–Kier alpha value is -3.94. The molecule has 186 valence electrons. The van der Waals surface area contributed by atoms with Crippen LogP contribution in [0.4, 0.5) is 5.69 Å². The van der Waals surface area contributed by atoms with E-state index in [0.29, 0.717) is 24.5 Å². The van der Waals surface area contributed by atoms with Crippen molar-refractivity contribution in [1.29, 1.82) is 0 Å². The lowest BCUT2D eigenvalue weighted by Gasteiger charge is -2.22. The number of carbonyl (C=O) groups is 1. The van der Waals surface area contributed by atoms with Gasteiger partial charge in [-0.1, -0.05) is 42.8 Å². The molecule has 0 saturated carbocycles. The number of nitrogens with one attached hydrogen (secondary N) is 1. The number of aromatic nitrogens is 2. The number of amides is 1. The molecule has 0 unspecified atom stereocenters. The molecule has 0 aliphatic rings. The first kappa shape index (κ1) is 25.2. The van der Waals surface area contributed by atoms with E-state index in [-0.39, 0.29) is 19.1 Å². The molecule has 0 radical (unpaired) electrons. The lowest BCUT2D eigenvalue weighted by atomic mass is 10.0. The molecule has 0 spiro atoms. The fourth-order valence-electron chi connectivity index (χ4n) is 3.96. The standard InChI is InChI=1S/C29H32N4O3/c1-3-32(17-18-34)20-25-19-24(23-7-5-22(2)6-8-23)9-14-28(25)36-21-29(35)31-26-10-12-27(13-11-26)33-16-4-15-30-33/h4-16,19,34H,3,17-18,20-21H2,1-2H3,(H,31,35). The van der Waals surface area contributed by atoms with Gasteiger partial charge in [0, 0.05) is 36.7 Å². The number of aliphatic hydroxyl groups is 1. The third kappa shape index (κ3) is 6.59. The number of benzene rings is 3. The summed E-state index contributed by atoms with van der Waals surface area (Å²) in [6.07, 6.45) is 3.58. The monoisotopic (exact) mass is 484 g/mol. The average Bonchev–Trinajstić information content (AvgIpc) is 3.44. The Bertz CT molecular complexity index is 1250. The molecule has 0 aliphatic carbocycles. The number of hydrogen-bond donors (Lipinski definition) is 2. The zero-order chi connectivity index (χ0) is 25.3. The molecule has 1 heterocycles. The summed E-state index contributed by atoms with van der Waals surface area (Å²) in [5.74, 6) is 0.421. The van der Waals surface area contributed by atoms with Crippen LogP contribution in [0.5, 0.6) is 5.75 Å². The fraction of sp³-hybridized carbons (Fsp3) is 0.241. The molecule has 1 amide bonds. The molecular formula is C29H32N4O3. The topological polar surface area (TPSA) is 79.6 Å². The van der Waals surface area contributed by atoms with Crippen molar-refractivity contribution in [1.82, 2.24) is 14.7 Å². The van der Waals surface area contributed by atoms with E-state index < -0.39 is 0 Å². The summed E-state index contributed by atoms with van der Waals surface area (Å²) in [4.78, 5) is 14.8. The number of ether oxygens (including phenoxy) is 1. The molecule has 36 heavy (non-hydrogen) atoms. The maximum absolute atomic E-state index is 12.6. The molecule has 1 aromatic heterocycles. The SMILES string of the molecule is CCN(CCO)Cc1cc(-c2ccc(C)cc2)ccc1OCC(=O)Nc1ccc(-n2cccn2)cc1. The van der Waals surface area contributed by atoms with Gasteiger partial charge in [0.1, 0.15) is 5.75 Å². The van der Waals surface area contributed by atoms with Crippen molar-refractivity contribution in [3.05, 3.63) is 96.3 Å². The molecule has 0 bridgehead atoms. The second-order valence-corrected chi connectivity index (χ2v) is 8.62. The molecular weight excluding hydrogens is 452 g/mol.